The minimum absolute atomic E-state index is 0.0781. The molecule has 0 saturated carbocycles. The van der Waals surface area contributed by atoms with Gasteiger partial charge in [0.05, 0.1) is 18.0 Å². The number of carbonyl (C=O) groups excluding carboxylic acids is 1. The highest BCUT2D eigenvalue weighted by atomic mass is 16.5. The van der Waals surface area contributed by atoms with Crippen molar-refractivity contribution >= 4 is 16.9 Å². The van der Waals surface area contributed by atoms with Gasteiger partial charge in [-0.2, -0.15) is 0 Å². The van der Waals surface area contributed by atoms with Gasteiger partial charge in [-0.05, 0) is 37.5 Å². The summed E-state index contributed by atoms with van der Waals surface area (Å²) in [7, 11) is 1.41. The average Bonchev–Trinajstić information content (AvgIpc) is 2.50. The predicted octanol–water partition coefficient (Wildman–Crippen LogP) is 2.90. The van der Waals surface area contributed by atoms with Crippen molar-refractivity contribution in [2.24, 2.45) is 0 Å². The van der Waals surface area contributed by atoms with Crippen LogP contribution in [-0.4, -0.2) is 23.0 Å². The molecule has 0 aliphatic carbocycles. The van der Waals surface area contributed by atoms with E-state index in [4.69, 9.17) is 0 Å². The molecule has 0 atom stereocenters. The van der Waals surface area contributed by atoms with Crippen molar-refractivity contribution in [1.29, 1.82) is 0 Å². The summed E-state index contributed by atoms with van der Waals surface area (Å²) in [5, 5.41) is 0.632. The number of unbranched alkanes of at least 4 members (excludes halogenated alkanes) is 3. The van der Waals surface area contributed by atoms with E-state index in [1.54, 1.807) is 0 Å². The maximum atomic E-state index is 12.0. The Balaban J connectivity index is 1.87. The Morgan fingerprint density at radius 1 is 1.23 bits per heavy atom. The van der Waals surface area contributed by atoms with Gasteiger partial charge in [-0.3, -0.25) is 9.59 Å². The second-order valence-corrected chi connectivity index (χ2v) is 5.52. The first kappa shape index (κ1) is 16.2. The van der Waals surface area contributed by atoms with E-state index in [1.165, 1.54) is 7.11 Å². The van der Waals surface area contributed by atoms with Crippen LogP contribution in [0, 0.1) is 6.92 Å². The maximum absolute atomic E-state index is 12.0. The molecule has 0 bridgehead atoms. The first-order chi connectivity index (χ1) is 10.6. The molecule has 2 rings (SSSR count). The number of carbonyl (C=O) groups is 1. The number of ether oxygens (including phenoxy) is 1. The highest BCUT2D eigenvalue weighted by molar-refractivity contribution is 5.78. The first-order valence-electron chi connectivity index (χ1n) is 7.66. The molecule has 0 saturated heterocycles. The van der Waals surface area contributed by atoms with Crippen molar-refractivity contribution in [3.63, 3.8) is 0 Å². The molecule has 118 valence electrons. The topological polar surface area (TPSA) is 72.0 Å². The van der Waals surface area contributed by atoms with Crippen molar-refractivity contribution in [1.82, 2.24) is 9.97 Å². The monoisotopic (exact) mass is 302 g/mol. The van der Waals surface area contributed by atoms with Gasteiger partial charge in [0.2, 0.25) is 0 Å². The van der Waals surface area contributed by atoms with E-state index in [1.807, 2.05) is 25.1 Å². The molecule has 0 aliphatic heterocycles. The van der Waals surface area contributed by atoms with Crippen LogP contribution < -0.4 is 5.56 Å². The van der Waals surface area contributed by atoms with Gasteiger partial charge in [0.1, 0.15) is 5.82 Å². The molecule has 5 heteroatoms. The number of nitrogens with zero attached hydrogens (tertiary/aromatic N) is 1. The Hall–Kier alpha value is -2.17. The van der Waals surface area contributed by atoms with Gasteiger partial charge < -0.3 is 9.72 Å². The molecule has 5 nitrogen and oxygen atoms in total. The highest BCUT2D eigenvalue weighted by Crippen LogP contribution is 2.11. The molecular formula is C17H22N2O3. The van der Waals surface area contributed by atoms with Crippen molar-refractivity contribution in [3.05, 3.63) is 39.9 Å². The summed E-state index contributed by atoms with van der Waals surface area (Å²) in [4.78, 5) is 30.4. The number of H-pyrrole nitrogens is 1. The lowest BCUT2D eigenvalue weighted by molar-refractivity contribution is -0.140. The Bertz CT molecular complexity index is 707. The Morgan fingerprint density at radius 3 is 2.77 bits per heavy atom. The third-order valence-electron chi connectivity index (χ3n) is 3.68. The summed E-state index contributed by atoms with van der Waals surface area (Å²) in [6.45, 7) is 1.99. The number of aromatic nitrogens is 2. The third-order valence-corrected chi connectivity index (χ3v) is 3.68. The van der Waals surface area contributed by atoms with E-state index in [0.29, 0.717) is 11.8 Å². The van der Waals surface area contributed by atoms with E-state index in [2.05, 4.69) is 14.7 Å². The summed E-state index contributed by atoms with van der Waals surface area (Å²) in [6, 6.07) is 5.66. The van der Waals surface area contributed by atoms with Crippen LogP contribution in [0.5, 0.6) is 0 Å². The van der Waals surface area contributed by atoms with Crippen molar-refractivity contribution in [3.8, 4) is 0 Å². The zero-order valence-electron chi connectivity index (χ0n) is 13.1. The van der Waals surface area contributed by atoms with Gasteiger partial charge in [0, 0.05) is 12.8 Å². The van der Waals surface area contributed by atoms with Crippen molar-refractivity contribution < 1.29 is 9.53 Å². The number of esters is 1. The standard InChI is InChI=1S/C17H22N2O3/c1-12-9-10-13-14(11-12)18-15(19-17(13)21)7-5-3-4-6-8-16(20)22-2/h9-11H,3-8H2,1-2H3,(H,18,19,21). The Morgan fingerprint density at radius 2 is 2.00 bits per heavy atom. The normalized spacial score (nSPS) is 10.8. The van der Waals surface area contributed by atoms with E-state index in [0.717, 1.165) is 49.0 Å². The molecule has 1 aromatic carbocycles. The molecular weight excluding hydrogens is 280 g/mol. The molecule has 0 amide bonds. The van der Waals surface area contributed by atoms with Gasteiger partial charge >= 0.3 is 5.97 Å². The summed E-state index contributed by atoms with van der Waals surface area (Å²) in [6.07, 6.45) is 4.99. The lowest BCUT2D eigenvalue weighted by atomic mass is 10.1. The number of fused-ring (bicyclic) bond motifs is 1. The fourth-order valence-electron chi connectivity index (χ4n) is 2.43. The van der Waals surface area contributed by atoms with Crippen LogP contribution in [0.4, 0.5) is 0 Å². The quantitative estimate of drug-likeness (QED) is 0.630. The maximum Gasteiger partial charge on any atom is 0.305 e. The van der Waals surface area contributed by atoms with Gasteiger partial charge in [0.25, 0.3) is 5.56 Å². The number of hydrogen-bond donors (Lipinski definition) is 1. The van der Waals surface area contributed by atoms with Crippen molar-refractivity contribution in [2.75, 3.05) is 7.11 Å². The zero-order chi connectivity index (χ0) is 15.9. The number of aromatic amines is 1. The second-order valence-electron chi connectivity index (χ2n) is 5.52. The number of rotatable bonds is 7. The minimum Gasteiger partial charge on any atom is -0.469 e. The molecule has 1 N–H and O–H groups in total. The van der Waals surface area contributed by atoms with Gasteiger partial charge in [-0.25, -0.2) is 4.98 Å². The lowest BCUT2D eigenvalue weighted by Gasteiger charge is -2.04. The molecule has 0 unspecified atom stereocenters. The molecule has 0 radical (unpaired) electrons. The van der Waals surface area contributed by atoms with Crippen molar-refractivity contribution in [2.45, 2.75) is 45.4 Å². The van der Waals surface area contributed by atoms with Crippen LogP contribution in [0.3, 0.4) is 0 Å². The molecule has 2 aromatic rings. The largest absolute Gasteiger partial charge is 0.469 e. The molecule has 22 heavy (non-hydrogen) atoms. The third kappa shape index (κ3) is 4.41. The van der Waals surface area contributed by atoms with E-state index in [-0.39, 0.29) is 11.5 Å². The summed E-state index contributed by atoms with van der Waals surface area (Å²) < 4.78 is 4.60. The second kappa shape index (κ2) is 7.73. The summed E-state index contributed by atoms with van der Waals surface area (Å²) in [5.41, 5.74) is 1.77. The Labute approximate surface area is 129 Å². The van der Waals surface area contributed by atoms with Gasteiger partial charge in [-0.1, -0.05) is 18.9 Å². The SMILES string of the molecule is COC(=O)CCCCCCc1nc2cc(C)ccc2c(=O)[nH]1. The number of hydrogen-bond acceptors (Lipinski definition) is 4. The van der Waals surface area contributed by atoms with Crippen LogP contribution in [0.2, 0.25) is 0 Å². The minimum atomic E-state index is -0.157. The van der Waals surface area contributed by atoms with E-state index >= 15 is 0 Å². The zero-order valence-corrected chi connectivity index (χ0v) is 13.1. The highest BCUT2D eigenvalue weighted by Gasteiger charge is 2.04. The molecule has 0 spiro atoms. The summed E-state index contributed by atoms with van der Waals surface area (Å²) >= 11 is 0. The molecule has 1 aromatic heterocycles. The van der Waals surface area contributed by atoms with Crippen LogP contribution >= 0.6 is 0 Å². The van der Waals surface area contributed by atoms with Crippen LogP contribution in [0.1, 0.15) is 43.5 Å². The van der Waals surface area contributed by atoms with Gasteiger partial charge in [0.15, 0.2) is 0 Å². The van der Waals surface area contributed by atoms with Crippen LogP contribution in [0.25, 0.3) is 10.9 Å². The number of aryl methyl sites for hydroxylation is 2. The molecule has 1 heterocycles. The summed E-state index contributed by atoms with van der Waals surface area (Å²) in [5.74, 6) is 0.576. The fraction of sp³-hybridized carbons (Fsp3) is 0.471. The number of nitrogens with one attached hydrogen (secondary N) is 1. The first-order valence-corrected chi connectivity index (χ1v) is 7.66. The molecule has 0 aliphatic rings. The van der Waals surface area contributed by atoms with Crippen LogP contribution in [0.15, 0.2) is 23.0 Å². The Kier molecular flexibility index (Phi) is 5.69. The number of benzene rings is 1. The fourth-order valence-corrected chi connectivity index (χ4v) is 2.43. The average molecular weight is 302 g/mol. The van der Waals surface area contributed by atoms with E-state index < -0.39 is 0 Å². The van der Waals surface area contributed by atoms with Crippen LogP contribution in [-0.2, 0) is 16.0 Å². The smallest absolute Gasteiger partial charge is 0.305 e. The van der Waals surface area contributed by atoms with Gasteiger partial charge in [-0.15, -0.1) is 0 Å². The number of methoxy groups -OCH3 is 1. The van der Waals surface area contributed by atoms with E-state index in [9.17, 15) is 9.59 Å². The predicted molar refractivity (Wildman–Crippen MR) is 85.9 cm³/mol. The molecule has 0 fully saturated rings. The lowest BCUT2D eigenvalue weighted by Crippen LogP contribution is -2.12.